The zero-order valence-corrected chi connectivity index (χ0v) is 11.0. The molecule has 0 aromatic heterocycles. The molecule has 0 aliphatic heterocycles. The molecule has 2 aromatic carbocycles. The van der Waals surface area contributed by atoms with Crippen molar-refractivity contribution in [1.82, 2.24) is 0 Å². The normalized spacial score (nSPS) is 10.8. The topological polar surface area (TPSA) is 21.6 Å². The van der Waals surface area contributed by atoms with Crippen LogP contribution in [0.3, 0.4) is 0 Å². The van der Waals surface area contributed by atoms with E-state index in [0.29, 0.717) is 0 Å². The Bertz CT molecular complexity index is 540. The number of hydrogen-bond donors (Lipinski definition) is 0. The number of benzene rings is 2. The maximum absolute atomic E-state index is 12.7. The van der Waals surface area contributed by atoms with Gasteiger partial charge in [-0.2, -0.15) is 0 Å². The van der Waals surface area contributed by atoms with Crippen LogP contribution in [0.5, 0.6) is 0 Å². The molecule has 2 nitrogen and oxygen atoms in total. The van der Waals surface area contributed by atoms with E-state index in [-0.39, 0.29) is 12.4 Å². The summed E-state index contributed by atoms with van der Waals surface area (Å²) < 4.78 is 13.6. The third-order valence-electron chi connectivity index (χ3n) is 2.25. The summed E-state index contributed by atoms with van der Waals surface area (Å²) in [6, 6.07) is 13.7. The van der Waals surface area contributed by atoms with Gasteiger partial charge in [0, 0.05) is 10.0 Å². The second-order valence-corrected chi connectivity index (χ2v) is 4.44. The molecule has 4 heteroatoms. The van der Waals surface area contributed by atoms with Gasteiger partial charge in [0.1, 0.15) is 18.6 Å². The first-order valence-corrected chi connectivity index (χ1v) is 6.12. The predicted octanol–water partition coefficient (Wildman–Crippen LogP) is 4.02. The van der Waals surface area contributed by atoms with Crippen LogP contribution < -0.4 is 0 Å². The number of halogens is 2. The fraction of sp³-hybridized carbons (Fsp3) is 0.0714. The Morgan fingerprint density at radius 1 is 1.11 bits per heavy atom. The molecule has 0 heterocycles. The van der Waals surface area contributed by atoms with E-state index in [1.807, 2.05) is 24.3 Å². The van der Waals surface area contributed by atoms with Crippen LogP contribution in [0.25, 0.3) is 0 Å². The standard InChI is InChI=1S/C14H10BrFNO/c15-14-4-2-1-3-12(14)9-17-18-10-11-5-7-13(16)8-6-11/h1-8H,10H2. The monoisotopic (exact) mass is 306 g/mol. The van der Waals surface area contributed by atoms with E-state index in [9.17, 15) is 4.39 Å². The van der Waals surface area contributed by atoms with Crippen molar-refractivity contribution < 1.29 is 9.23 Å². The first kappa shape index (κ1) is 12.8. The summed E-state index contributed by atoms with van der Waals surface area (Å²) in [7, 11) is 0. The van der Waals surface area contributed by atoms with Crippen molar-refractivity contribution in [2.45, 2.75) is 6.61 Å². The van der Waals surface area contributed by atoms with Gasteiger partial charge < -0.3 is 4.84 Å². The Labute approximate surface area is 113 Å². The predicted molar refractivity (Wildman–Crippen MR) is 71.9 cm³/mol. The van der Waals surface area contributed by atoms with Gasteiger partial charge in [-0.25, -0.2) is 4.39 Å². The van der Waals surface area contributed by atoms with E-state index in [0.717, 1.165) is 15.6 Å². The number of hydrogen-bond acceptors (Lipinski definition) is 2. The van der Waals surface area contributed by atoms with Crippen molar-refractivity contribution in [1.29, 1.82) is 0 Å². The summed E-state index contributed by atoms with van der Waals surface area (Å²) in [5.41, 5.74) is 1.67. The van der Waals surface area contributed by atoms with Gasteiger partial charge in [-0.15, -0.1) is 0 Å². The van der Waals surface area contributed by atoms with Gasteiger partial charge in [0.25, 0.3) is 0 Å². The molecule has 0 N–H and O–H groups in total. The summed E-state index contributed by atoms with van der Waals surface area (Å²) in [5, 5.41) is 3.75. The van der Waals surface area contributed by atoms with Crippen LogP contribution in [0, 0.1) is 5.82 Å². The Kier molecular flexibility index (Phi) is 4.47. The SMILES string of the molecule is Fc1ccc(CO/N=[C]\c2ccccc2Br)cc1. The van der Waals surface area contributed by atoms with Gasteiger partial charge in [-0.1, -0.05) is 51.4 Å². The highest BCUT2D eigenvalue weighted by molar-refractivity contribution is 9.10. The lowest BCUT2D eigenvalue weighted by Gasteiger charge is -1.99. The van der Waals surface area contributed by atoms with E-state index in [1.54, 1.807) is 12.1 Å². The minimum Gasteiger partial charge on any atom is -0.390 e. The lowest BCUT2D eigenvalue weighted by molar-refractivity contribution is 0.132. The highest BCUT2D eigenvalue weighted by atomic mass is 79.9. The van der Waals surface area contributed by atoms with Crippen LogP contribution >= 0.6 is 15.9 Å². The molecule has 0 bridgehead atoms. The minimum atomic E-state index is -0.262. The molecule has 0 saturated heterocycles. The van der Waals surface area contributed by atoms with Gasteiger partial charge in [0.2, 0.25) is 0 Å². The van der Waals surface area contributed by atoms with E-state index < -0.39 is 0 Å². The molecule has 1 radical (unpaired) electrons. The maximum Gasteiger partial charge on any atom is 0.142 e. The lowest BCUT2D eigenvalue weighted by atomic mass is 10.2. The Balaban J connectivity index is 1.89. The van der Waals surface area contributed by atoms with Gasteiger partial charge in [-0.3, -0.25) is 0 Å². The van der Waals surface area contributed by atoms with Gasteiger partial charge in [-0.05, 0) is 23.8 Å². The minimum absolute atomic E-state index is 0.262. The van der Waals surface area contributed by atoms with Crippen LogP contribution in [0.4, 0.5) is 4.39 Å². The van der Waals surface area contributed by atoms with Crippen molar-refractivity contribution in [3.05, 3.63) is 69.9 Å². The summed E-state index contributed by atoms with van der Waals surface area (Å²) in [5.74, 6) is -0.262. The summed E-state index contributed by atoms with van der Waals surface area (Å²) in [4.78, 5) is 5.09. The Morgan fingerprint density at radius 3 is 2.56 bits per heavy atom. The van der Waals surface area contributed by atoms with Crippen molar-refractivity contribution in [3.8, 4) is 0 Å². The average molecular weight is 307 g/mol. The summed E-state index contributed by atoms with van der Waals surface area (Å²) in [6.07, 6.45) is 2.78. The fourth-order valence-corrected chi connectivity index (χ4v) is 1.69. The molecule has 0 amide bonds. The first-order valence-electron chi connectivity index (χ1n) is 5.33. The van der Waals surface area contributed by atoms with Crippen molar-refractivity contribution in [2.75, 3.05) is 0 Å². The molecular formula is C14H10BrFNO. The molecule has 0 saturated carbocycles. The lowest BCUT2D eigenvalue weighted by Crippen LogP contribution is -1.89. The number of nitrogens with zero attached hydrogens (tertiary/aromatic N) is 1. The Morgan fingerprint density at radius 2 is 1.83 bits per heavy atom. The van der Waals surface area contributed by atoms with Crippen LogP contribution in [-0.2, 0) is 11.4 Å². The zero-order valence-electron chi connectivity index (χ0n) is 9.44. The van der Waals surface area contributed by atoms with E-state index in [2.05, 4.69) is 27.3 Å². The second kappa shape index (κ2) is 6.31. The Hall–Kier alpha value is -1.68. The van der Waals surface area contributed by atoms with E-state index in [1.165, 1.54) is 12.1 Å². The molecule has 0 spiro atoms. The van der Waals surface area contributed by atoms with Crippen molar-refractivity contribution >= 4 is 22.1 Å². The van der Waals surface area contributed by atoms with Gasteiger partial charge in [0.05, 0.1) is 0 Å². The van der Waals surface area contributed by atoms with Crippen LogP contribution in [0.15, 0.2) is 58.2 Å². The van der Waals surface area contributed by atoms with Crippen LogP contribution in [0.1, 0.15) is 11.1 Å². The quantitative estimate of drug-likeness (QED) is 0.617. The smallest absolute Gasteiger partial charge is 0.142 e. The van der Waals surface area contributed by atoms with Gasteiger partial charge >= 0.3 is 0 Å². The third kappa shape index (κ3) is 3.67. The molecule has 2 rings (SSSR count). The van der Waals surface area contributed by atoms with Gasteiger partial charge in [0.15, 0.2) is 0 Å². The molecule has 0 aliphatic carbocycles. The second-order valence-electron chi connectivity index (χ2n) is 3.58. The largest absolute Gasteiger partial charge is 0.390 e. The molecule has 0 fully saturated rings. The fourth-order valence-electron chi connectivity index (χ4n) is 1.32. The summed E-state index contributed by atoms with van der Waals surface area (Å²) >= 11 is 3.38. The molecular weight excluding hydrogens is 297 g/mol. The highest BCUT2D eigenvalue weighted by Crippen LogP contribution is 2.13. The van der Waals surface area contributed by atoms with Crippen LogP contribution in [-0.4, -0.2) is 6.21 Å². The van der Waals surface area contributed by atoms with Crippen molar-refractivity contribution in [2.24, 2.45) is 5.16 Å². The van der Waals surface area contributed by atoms with E-state index >= 15 is 0 Å². The average Bonchev–Trinajstić information content (AvgIpc) is 2.39. The molecule has 2 aromatic rings. The first-order chi connectivity index (χ1) is 8.75. The van der Waals surface area contributed by atoms with Crippen molar-refractivity contribution in [3.63, 3.8) is 0 Å². The third-order valence-corrected chi connectivity index (χ3v) is 2.94. The number of rotatable bonds is 4. The molecule has 18 heavy (non-hydrogen) atoms. The zero-order chi connectivity index (χ0) is 12.8. The van der Waals surface area contributed by atoms with E-state index in [4.69, 9.17) is 4.84 Å². The molecule has 0 aliphatic rings. The highest BCUT2D eigenvalue weighted by Gasteiger charge is 1.96. The molecule has 0 unspecified atom stereocenters. The maximum atomic E-state index is 12.7. The summed E-state index contributed by atoms with van der Waals surface area (Å²) in [6.45, 7) is 0.289. The molecule has 91 valence electrons. The molecule has 0 atom stereocenters. The van der Waals surface area contributed by atoms with Crippen LogP contribution in [0.2, 0.25) is 0 Å².